The number of anilines is 1. The summed E-state index contributed by atoms with van der Waals surface area (Å²) in [6, 6.07) is 10.9. The van der Waals surface area contributed by atoms with Crippen molar-refractivity contribution in [1.82, 2.24) is 14.9 Å². The van der Waals surface area contributed by atoms with Crippen molar-refractivity contribution >= 4 is 27.8 Å². The SMILES string of the molecule is CC(C)(C)c1cc(NC(=O)CCNS(=O)(=O)C=Cc2ccccc2)n[nH]1. The zero-order chi connectivity index (χ0) is 19.2. The van der Waals surface area contributed by atoms with Crippen LogP contribution in [0.2, 0.25) is 0 Å². The van der Waals surface area contributed by atoms with Gasteiger partial charge >= 0.3 is 0 Å². The van der Waals surface area contributed by atoms with E-state index in [2.05, 4.69) is 20.2 Å². The summed E-state index contributed by atoms with van der Waals surface area (Å²) >= 11 is 0. The third-order valence-corrected chi connectivity index (χ3v) is 4.65. The summed E-state index contributed by atoms with van der Waals surface area (Å²) in [5.41, 5.74) is 1.58. The normalized spacial score (nSPS) is 12.4. The van der Waals surface area contributed by atoms with Gasteiger partial charge in [0.2, 0.25) is 15.9 Å². The number of nitrogens with one attached hydrogen (secondary N) is 3. The quantitative estimate of drug-likeness (QED) is 0.691. The van der Waals surface area contributed by atoms with E-state index in [0.29, 0.717) is 5.82 Å². The molecule has 0 fully saturated rings. The number of benzene rings is 1. The van der Waals surface area contributed by atoms with Crippen molar-refractivity contribution in [3.63, 3.8) is 0 Å². The van der Waals surface area contributed by atoms with Crippen LogP contribution in [0, 0.1) is 0 Å². The summed E-state index contributed by atoms with van der Waals surface area (Å²) in [5, 5.41) is 10.6. The van der Waals surface area contributed by atoms with Crippen LogP contribution >= 0.6 is 0 Å². The number of rotatable bonds is 7. The minimum atomic E-state index is -3.60. The largest absolute Gasteiger partial charge is 0.309 e. The fraction of sp³-hybridized carbons (Fsp3) is 0.333. The summed E-state index contributed by atoms with van der Waals surface area (Å²) in [6.45, 7) is 6.10. The Morgan fingerprint density at radius 3 is 2.54 bits per heavy atom. The molecule has 0 saturated heterocycles. The van der Waals surface area contributed by atoms with Crippen molar-refractivity contribution in [1.29, 1.82) is 0 Å². The molecule has 0 bridgehead atoms. The zero-order valence-corrected chi connectivity index (χ0v) is 15.9. The first-order valence-electron chi connectivity index (χ1n) is 8.24. The Morgan fingerprint density at radius 1 is 1.23 bits per heavy atom. The smallest absolute Gasteiger partial charge is 0.233 e. The monoisotopic (exact) mass is 376 g/mol. The molecule has 26 heavy (non-hydrogen) atoms. The van der Waals surface area contributed by atoms with E-state index in [1.165, 1.54) is 6.08 Å². The number of sulfonamides is 1. The van der Waals surface area contributed by atoms with Crippen molar-refractivity contribution in [3.8, 4) is 0 Å². The molecule has 8 heteroatoms. The second kappa shape index (κ2) is 8.29. The summed E-state index contributed by atoms with van der Waals surface area (Å²) in [6.07, 6.45) is 1.51. The van der Waals surface area contributed by atoms with Crippen molar-refractivity contribution in [2.75, 3.05) is 11.9 Å². The first-order valence-corrected chi connectivity index (χ1v) is 9.79. The number of aromatic nitrogens is 2. The molecule has 2 rings (SSSR count). The number of carbonyl (C=O) groups is 1. The predicted octanol–water partition coefficient (Wildman–Crippen LogP) is 2.63. The van der Waals surface area contributed by atoms with Crippen LogP contribution in [0.5, 0.6) is 0 Å². The number of H-pyrrole nitrogens is 1. The van der Waals surface area contributed by atoms with Crippen molar-refractivity contribution in [3.05, 3.63) is 53.1 Å². The van der Waals surface area contributed by atoms with Gasteiger partial charge in [0.1, 0.15) is 0 Å². The minimum absolute atomic E-state index is 0.00382. The molecule has 0 spiro atoms. The molecular weight excluding hydrogens is 352 g/mol. The molecule has 3 N–H and O–H groups in total. The average molecular weight is 376 g/mol. The Labute approximate surface area is 154 Å². The first-order chi connectivity index (χ1) is 12.2. The third-order valence-electron chi connectivity index (χ3n) is 3.55. The van der Waals surface area contributed by atoms with E-state index in [0.717, 1.165) is 16.7 Å². The molecule has 1 amide bonds. The number of carbonyl (C=O) groups excluding carboxylic acids is 1. The highest BCUT2D eigenvalue weighted by atomic mass is 32.2. The zero-order valence-electron chi connectivity index (χ0n) is 15.1. The highest BCUT2D eigenvalue weighted by Gasteiger charge is 2.17. The highest BCUT2D eigenvalue weighted by Crippen LogP contribution is 2.21. The van der Waals surface area contributed by atoms with Gasteiger partial charge in [-0.2, -0.15) is 5.10 Å². The summed E-state index contributed by atoms with van der Waals surface area (Å²) in [7, 11) is -3.60. The maximum absolute atomic E-state index is 11.9. The Hall–Kier alpha value is -2.45. The molecule has 0 radical (unpaired) electrons. The molecule has 0 aliphatic carbocycles. The molecule has 7 nitrogen and oxygen atoms in total. The average Bonchev–Trinajstić information content (AvgIpc) is 3.02. The van der Waals surface area contributed by atoms with Gasteiger partial charge in [0.15, 0.2) is 5.82 Å². The maximum Gasteiger partial charge on any atom is 0.233 e. The topological polar surface area (TPSA) is 104 Å². The number of aromatic amines is 1. The van der Waals surface area contributed by atoms with Gasteiger partial charge in [0, 0.05) is 35.5 Å². The van der Waals surface area contributed by atoms with Crippen LogP contribution in [0.1, 0.15) is 38.4 Å². The molecular formula is C18H24N4O3S. The van der Waals surface area contributed by atoms with Gasteiger partial charge in [-0.15, -0.1) is 0 Å². The molecule has 0 aliphatic rings. The van der Waals surface area contributed by atoms with E-state index in [1.54, 1.807) is 18.2 Å². The highest BCUT2D eigenvalue weighted by molar-refractivity contribution is 7.92. The van der Waals surface area contributed by atoms with Gasteiger partial charge in [-0.1, -0.05) is 51.1 Å². The summed E-state index contributed by atoms with van der Waals surface area (Å²) in [4.78, 5) is 11.9. The second-order valence-electron chi connectivity index (χ2n) is 6.87. The number of hydrogen-bond donors (Lipinski definition) is 3. The standard InChI is InChI=1S/C18H24N4O3S/c1-18(2,3)15-13-16(22-21-15)20-17(23)9-11-19-26(24,25)12-10-14-7-5-4-6-8-14/h4-8,10,12-13,19H,9,11H2,1-3H3,(H2,20,21,22,23). The Morgan fingerprint density at radius 2 is 1.92 bits per heavy atom. The molecule has 0 unspecified atom stereocenters. The lowest BCUT2D eigenvalue weighted by atomic mass is 9.92. The van der Waals surface area contributed by atoms with Gasteiger partial charge in [-0.05, 0) is 11.6 Å². The molecule has 0 aliphatic heterocycles. The Balaban J connectivity index is 1.80. The molecule has 1 aromatic heterocycles. The lowest BCUT2D eigenvalue weighted by molar-refractivity contribution is -0.116. The van der Waals surface area contributed by atoms with Crippen molar-refractivity contribution in [2.45, 2.75) is 32.6 Å². The van der Waals surface area contributed by atoms with E-state index in [4.69, 9.17) is 0 Å². The predicted molar refractivity (Wildman–Crippen MR) is 103 cm³/mol. The summed E-state index contributed by atoms with van der Waals surface area (Å²) in [5.74, 6) is 0.110. The van der Waals surface area contributed by atoms with Crippen LogP contribution in [0.25, 0.3) is 6.08 Å². The lowest BCUT2D eigenvalue weighted by Gasteiger charge is -2.14. The summed E-state index contributed by atoms with van der Waals surface area (Å²) < 4.78 is 26.2. The Kier molecular flexibility index (Phi) is 6.33. The van der Waals surface area contributed by atoms with Crippen LogP contribution in [0.4, 0.5) is 5.82 Å². The van der Waals surface area contributed by atoms with Gasteiger partial charge in [-0.3, -0.25) is 9.89 Å². The molecule has 140 valence electrons. The van der Waals surface area contributed by atoms with Crippen LogP contribution in [0.15, 0.2) is 41.8 Å². The molecule has 0 atom stereocenters. The Bertz CT molecular complexity index is 865. The van der Waals surface area contributed by atoms with Gasteiger partial charge in [-0.25, -0.2) is 13.1 Å². The molecule has 2 aromatic rings. The molecule has 0 saturated carbocycles. The van der Waals surface area contributed by atoms with E-state index in [-0.39, 0.29) is 24.3 Å². The van der Waals surface area contributed by atoms with E-state index in [1.807, 2.05) is 39.0 Å². The molecule has 1 heterocycles. The van der Waals surface area contributed by atoms with Gasteiger partial charge < -0.3 is 5.32 Å². The first kappa shape index (κ1) is 19.9. The van der Waals surface area contributed by atoms with Gasteiger partial charge in [0.05, 0.1) is 0 Å². The minimum Gasteiger partial charge on any atom is -0.309 e. The van der Waals surface area contributed by atoms with E-state index >= 15 is 0 Å². The van der Waals surface area contributed by atoms with Crippen LogP contribution in [0.3, 0.4) is 0 Å². The maximum atomic E-state index is 11.9. The number of nitrogens with zero attached hydrogens (tertiary/aromatic N) is 1. The second-order valence-corrected chi connectivity index (χ2v) is 8.52. The van der Waals surface area contributed by atoms with Gasteiger partial charge in [0.25, 0.3) is 0 Å². The van der Waals surface area contributed by atoms with E-state index < -0.39 is 10.0 Å². The van der Waals surface area contributed by atoms with Crippen LogP contribution in [-0.2, 0) is 20.2 Å². The van der Waals surface area contributed by atoms with Crippen LogP contribution < -0.4 is 10.0 Å². The molecule has 1 aromatic carbocycles. The number of amides is 1. The number of hydrogen-bond acceptors (Lipinski definition) is 4. The fourth-order valence-electron chi connectivity index (χ4n) is 2.06. The van der Waals surface area contributed by atoms with Crippen molar-refractivity contribution < 1.29 is 13.2 Å². The van der Waals surface area contributed by atoms with Crippen LogP contribution in [-0.4, -0.2) is 31.1 Å². The van der Waals surface area contributed by atoms with E-state index in [9.17, 15) is 13.2 Å². The lowest BCUT2D eigenvalue weighted by Crippen LogP contribution is -2.26. The fourth-order valence-corrected chi connectivity index (χ4v) is 2.88. The van der Waals surface area contributed by atoms with Crippen molar-refractivity contribution in [2.24, 2.45) is 0 Å². The third kappa shape index (κ3) is 6.45.